The van der Waals surface area contributed by atoms with Crippen molar-refractivity contribution in [3.63, 3.8) is 0 Å². The number of carbonyl (C=O) groups is 2. The first kappa shape index (κ1) is 22.6. The molecule has 4 nitrogen and oxygen atoms in total. The highest BCUT2D eigenvalue weighted by molar-refractivity contribution is 5.94. The predicted octanol–water partition coefficient (Wildman–Crippen LogP) is 6.03. The Morgan fingerprint density at radius 2 is 1.59 bits per heavy atom. The largest absolute Gasteiger partial charge is 0.462 e. The number of hydrogen-bond donors (Lipinski definition) is 1. The van der Waals surface area contributed by atoms with E-state index in [0.29, 0.717) is 24.5 Å². The van der Waals surface area contributed by atoms with Gasteiger partial charge in [-0.2, -0.15) is 0 Å². The van der Waals surface area contributed by atoms with Gasteiger partial charge in [0.05, 0.1) is 12.2 Å². The van der Waals surface area contributed by atoms with Gasteiger partial charge < -0.3 is 10.1 Å². The number of rotatable bonds is 6. The third kappa shape index (κ3) is 4.74. The lowest BCUT2D eigenvalue weighted by atomic mass is 9.63. The molecule has 0 aliphatic heterocycles. The van der Waals surface area contributed by atoms with E-state index in [9.17, 15) is 9.59 Å². The van der Waals surface area contributed by atoms with E-state index in [2.05, 4.69) is 46.0 Å². The summed E-state index contributed by atoms with van der Waals surface area (Å²) in [5.41, 5.74) is 5.32. The Kier molecular flexibility index (Phi) is 5.91. The molecule has 1 amide bonds. The van der Waals surface area contributed by atoms with Gasteiger partial charge in [0.25, 0.3) is 0 Å². The summed E-state index contributed by atoms with van der Waals surface area (Å²) in [6, 6.07) is 13.8. The SMILES string of the molecule is CC1CC1C(=O)Nc1ccc(CCOC(=O)c2ccc3c(c2)C(C)(C)CCC3(C)C)cc1. The minimum atomic E-state index is -0.269. The molecule has 4 heteroatoms. The molecule has 1 N–H and O–H groups in total. The summed E-state index contributed by atoms with van der Waals surface area (Å²) in [7, 11) is 0. The van der Waals surface area contributed by atoms with Crippen LogP contribution in [0.2, 0.25) is 0 Å². The molecule has 1 saturated carbocycles. The van der Waals surface area contributed by atoms with Gasteiger partial charge in [-0.15, -0.1) is 0 Å². The molecule has 4 rings (SSSR count). The fraction of sp³-hybridized carbons (Fsp3) is 0.500. The molecule has 32 heavy (non-hydrogen) atoms. The van der Waals surface area contributed by atoms with Crippen LogP contribution in [0.5, 0.6) is 0 Å². The molecular formula is C28H35NO3. The highest BCUT2D eigenvalue weighted by Gasteiger charge is 2.39. The first-order valence-corrected chi connectivity index (χ1v) is 11.8. The lowest BCUT2D eigenvalue weighted by Gasteiger charge is -2.41. The Balaban J connectivity index is 1.33. The maximum atomic E-state index is 12.7. The van der Waals surface area contributed by atoms with E-state index in [0.717, 1.165) is 30.5 Å². The van der Waals surface area contributed by atoms with Crippen molar-refractivity contribution in [3.05, 3.63) is 64.7 Å². The summed E-state index contributed by atoms with van der Waals surface area (Å²) < 4.78 is 5.58. The van der Waals surface area contributed by atoms with Gasteiger partial charge in [0.2, 0.25) is 5.91 Å². The van der Waals surface area contributed by atoms with Crippen molar-refractivity contribution in [2.75, 3.05) is 11.9 Å². The first-order chi connectivity index (χ1) is 15.1. The standard InChI is InChI=1S/C28H35NO3/c1-18-16-22(18)25(30)29-21-9-6-19(7-10-21)12-15-32-26(31)20-8-11-23-24(17-20)28(4,5)14-13-27(23,2)3/h6-11,17-18,22H,12-16H2,1-5H3,(H,29,30). The van der Waals surface area contributed by atoms with Crippen LogP contribution in [0.25, 0.3) is 0 Å². The maximum Gasteiger partial charge on any atom is 0.338 e. The lowest BCUT2D eigenvalue weighted by molar-refractivity contribution is -0.117. The molecule has 2 aliphatic carbocycles. The smallest absolute Gasteiger partial charge is 0.338 e. The van der Waals surface area contributed by atoms with Crippen LogP contribution < -0.4 is 5.32 Å². The molecule has 2 aromatic rings. The topological polar surface area (TPSA) is 55.4 Å². The van der Waals surface area contributed by atoms with Gasteiger partial charge in [-0.25, -0.2) is 4.79 Å². The minimum Gasteiger partial charge on any atom is -0.462 e. The number of ether oxygens (including phenoxy) is 1. The highest BCUT2D eigenvalue weighted by Crippen LogP contribution is 2.46. The van der Waals surface area contributed by atoms with Gasteiger partial charge >= 0.3 is 5.97 Å². The minimum absolute atomic E-state index is 0.0653. The van der Waals surface area contributed by atoms with Crippen molar-refractivity contribution in [2.24, 2.45) is 11.8 Å². The van der Waals surface area contributed by atoms with E-state index in [-0.39, 0.29) is 28.6 Å². The monoisotopic (exact) mass is 433 g/mol. The average molecular weight is 434 g/mol. The molecule has 0 radical (unpaired) electrons. The second kappa shape index (κ2) is 8.38. The van der Waals surface area contributed by atoms with E-state index in [1.807, 2.05) is 36.4 Å². The summed E-state index contributed by atoms with van der Waals surface area (Å²) in [4.78, 5) is 24.7. The van der Waals surface area contributed by atoms with Crippen LogP contribution in [-0.4, -0.2) is 18.5 Å². The van der Waals surface area contributed by atoms with Crippen molar-refractivity contribution in [1.29, 1.82) is 0 Å². The van der Waals surface area contributed by atoms with Crippen molar-refractivity contribution >= 4 is 17.6 Å². The Hall–Kier alpha value is -2.62. The number of esters is 1. The normalized spacial score (nSPS) is 22.5. The summed E-state index contributed by atoms with van der Waals surface area (Å²) in [6.45, 7) is 11.5. The van der Waals surface area contributed by atoms with Crippen molar-refractivity contribution in [1.82, 2.24) is 0 Å². The molecule has 1 fully saturated rings. The molecule has 2 unspecified atom stereocenters. The Morgan fingerprint density at radius 1 is 0.969 bits per heavy atom. The van der Waals surface area contributed by atoms with Crippen molar-refractivity contribution in [3.8, 4) is 0 Å². The van der Waals surface area contributed by atoms with Gasteiger partial charge in [-0.05, 0) is 77.0 Å². The molecule has 2 aromatic carbocycles. The van der Waals surface area contributed by atoms with E-state index in [1.165, 1.54) is 11.1 Å². The Morgan fingerprint density at radius 3 is 2.22 bits per heavy atom. The zero-order valence-electron chi connectivity index (χ0n) is 20.0. The predicted molar refractivity (Wildman–Crippen MR) is 128 cm³/mol. The van der Waals surface area contributed by atoms with E-state index >= 15 is 0 Å². The summed E-state index contributed by atoms with van der Waals surface area (Å²) in [5, 5.41) is 2.97. The fourth-order valence-corrected chi connectivity index (χ4v) is 4.74. The quantitative estimate of drug-likeness (QED) is 0.566. The summed E-state index contributed by atoms with van der Waals surface area (Å²) >= 11 is 0. The van der Waals surface area contributed by atoms with Crippen molar-refractivity contribution in [2.45, 2.75) is 71.1 Å². The van der Waals surface area contributed by atoms with Crippen LogP contribution in [-0.2, 0) is 26.8 Å². The van der Waals surface area contributed by atoms with Crippen LogP contribution in [0.3, 0.4) is 0 Å². The number of nitrogens with one attached hydrogen (secondary N) is 1. The van der Waals surface area contributed by atoms with E-state index in [4.69, 9.17) is 4.74 Å². The van der Waals surface area contributed by atoms with Crippen LogP contribution in [0.1, 0.15) is 80.9 Å². The van der Waals surface area contributed by atoms with Gasteiger partial charge in [0.15, 0.2) is 0 Å². The van der Waals surface area contributed by atoms with Crippen LogP contribution >= 0.6 is 0 Å². The molecule has 2 atom stereocenters. The number of benzene rings is 2. The third-order valence-corrected chi connectivity index (χ3v) is 7.38. The van der Waals surface area contributed by atoms with Crippen LogP contribution in [0.4, 0.5) is 5.69 Å². The van der Waals surface area contributed by atoms with Gasteiger partial charge in [0, 0.05) is 18.0 Å². The highest BCUT2D eigenvalue weighted by atomic mass is 16.5. The zero-order chi connectivity index (χ0) is 23.1. The summed E-state index contributed by atoms with van der Waals surface area (Å²) in [5.74, 6) is 0.496. The van der Waals surface area contributed by atoms with Gasteiger partial charge in [-0.3, -0.25) is 4.79 Å². The van der Waals surface area contributed by atoms with Gasteiger partial charge in [0.1, 0.15) is 0 Å². The number of hydrogen-bond acceptors (Lipinski definition) is 3. The molecule has 0 saturated heterocycles. The zero-order valence-corrected chi connectivity index (χ0v) is 20.0. The number of fused-ring (bicyclic) bond motifs is 1. The summed E-state index contributed by atoms with van der Waals surface area (Å²) in [6.07, 6.45) is 3.89. The number of carbonyl (C=O) groups excluding carboxylic acids is 2. The van der Waals surface area contributed by atoms with Crippen LogP contribution in [0, 0.1) is 11.8 Å². The number of anilines is 1. The fourth-order valence-electron chi connectivity index (χ4n) is 4.74. The molecular weight excluding hydrogens is 398 g/mol. The second-order valence-corrected chi connectivity index (χ2v) is 10.9. The molecule has 0 bridgehead atoms. The Labute approximate surface area is 191 Å². The molecule has 2 aliphatic rings. The lowest BCUT2D eigenvalue weighted by Crippen LogP contribution is -2.34. The number of amides is 1. The maximum absolute atomic E-state index is 12.7. The molecule has 0 aromatic heterocycles. The molecule has 0 heterocycles. The molecule has 0 spiro atoms. The first-order valence-electron chi connectivity index (χ1n) is 11.8. The Bertz CT molecular complexity index is 1020. The van der Waals surface area contributed by atoms with Crippen molar-refractivity contribution < 1.29 is 14.3 Å². The second-order valence-electron chi connectivity index (χ2n) is 10.9. The van der Waals surface area contributed by atoms with Crippen LogP contribution in [0.15, 0.2) is 42.5 Å². The average Bonchev–Trinajstić information content (AvgIpc) is 3.49. The molecule has 170 valence electrons. The van der Waals surface area contributed by atoms with E-state index in [1.54, 1.807) is 0 Å². The third-order valence-electron chi connectivity index (χ3n) is 7.38. The van der Waals surface area contributed by atoms with Gasteiger partial charge in [-0.1, -0.05) is 52.8 Å². The van der Waals surface area contributed by atoms with E-state index < -0.39 is 0 Å².